The van der Waals surface area contributed by atoms with E-state index in [4.69, 9.17) is 0 Å². The van der Waals surface area contributed by atoms with Gasteiger partial charge in [-0.25, -0.2) is 0 Å². The highest BCUT2D eigenvalue weighted by atomic mass is 15.0. The first-order valence-electron chi connectivity index (χ1n) is 12.3. The van der Waals surface area contributed by atoms with Gasteiger partial charge >= 0.3 is 0 Å². The number of para-hydroxylation sites is 1. The largest absolute Gasteiger partial charge is 0.316 e. The Morgan fingerprint density at radius 2 is 1.18 bits per heavy atom. The van der Waals surface area contributed by atoms with Gasteiger partial charge in [-0.1, -0.05) is 66.7 Å². The van der Waals surface area contributed by atoms with E-state index in [-0.39, 0.29) is 0 Å². The standard InChI is InChI=1S/C34H19N5/c35-18-23-16-29(19-36)33(30(17-23)20-37)27-12-8-25(9-13-27)24-6-10-26(11-7-24)32-22-38-21-28-14-15-39(34(28)32)31-4-2-1-3-5-31/h1-17,21-22H. The fourth-order valence-corrected chi connectivity index (χ4v) is 4.97. The summed E-state index contributed by atoms with van der Waals surface area (Å²) in [4.78, 5) is 4.48. The molecule has 0 aliphatic carbocycles. The van der Waals surface area contributed by atoms with Crippen LogP contribution in [0.3, 0.4) is 0 Å². The minimum atomic E-state index is 0.297. The van der Waals surface area contributed by atoms with Gasteiger partial charge in [-0.05, 0) is 52.6 Å². The average molecular weight is 498 g/mol. The first kappa shape index (κ1) is 23.4. The second-order valence-electron chi connectivity index (χ2n) is 9.08. The van der Waals surface area contributed by atoms with Gasteiger partial charge in [0, 0.05) is 40.8 Å². The van der Waals surface area contributed by atoms with Gasteiger partial charge in [-0.15, -0.1) is 0 Å². The number of hydrogen-bond acceptors (Lipinski definition) is 4. The van der Waals surface area contributed by atoms with Crippen LogP contribution < -0.4 is 0 Å². The number of pyridine rings is 1. The van der Waals surface area contributed by atoms with Gasteiger partial charge in [0.2, 0.25) is 0 Å². The molecule has 2 heterocycles. The molecule has 0 radical (unpaired) electrons. The van der Waals surface area contributed by atoms with E-state index >= 15 is 0 Å². The molecule has 6 rings (SSSR count). The predicted molar refractivity (Wildman–Crippen MR) is 152 cm³/mol. The number of nitriles is 3. The van der Waals surface area contributed by atoms with Crippen molar-refractivity contribution in [2.24, 2.45) is 0 Å². The molecule has 0 aliphatic rings. The highest BCUT2D eigenvalue weighted by molar-refractivity contribution is 5.95. The zero-order valence-corrected chi connectivity index (χ0v) is 20.7. The summed E-state index contributed by atoms with van der Waals surface area (Å²) in [5.41, 5.74) is 8.61. The fourth-order valence-electron chi connectivity index (χ4n) is 4.97. The number of fused-ring (bicyclic) bond motifs is 1. The molecule has 0 bridgehead atoms. The van der Waals surface area contributed by atoms with Crippen LogP contribution in [0.15, 0.2) is 116 Å². The summed E-state index contributed by atoms with van der Waals surface area (Å²) >= 11 is 0. The molecule has 5 nitrogen and oxygen atoms in total. The van der Waals surface area contributed by atoms with Crippen LogP contribution in [0.4, 0.5) is 0 Å². The lowest BCUT2D eigenvalue weighted by Crippen LogP contribution is -1.94. The third-order valence-corrected chi connectivity index (χ3v) is 6.84. The van der Waals surface area contributed by atoms with Gasteiger partial charge in [0.05, 0.1) is 40.4 Å². The molecule has 0 saturated heterocycles. The lowest BCUT2D eigenvalue weighted by Gasteiger charge is -2.11. The minimum absolute atomic E-state index is 0.297. The number of hydrogen-bond donors (Lipinski definition) is 0. The predicted octanol–water partition coefficient (Wildman–Crippen LogP) is 7.64. The van der Waals surface area contributed by atoms with Crippen LogP contribution in [0, 0.1) is 34.0 Å². The second kappa shape index (κ2) is 9.83. The molecule has 0 N–H and O–H groups in total. The normalized spacial score (nSPS) is 10.5. The SMILES string of the molecule is N#Cc1cc(C#N)c(-c2ccc(-c3ccc(-c4cncc5ccn(-c6ccccc6)c45)cc3)cc2)c(C#N)c1. The summed E-state index contributed by atoms with van der Waals surface area (Å²) in [5, 5.41) is 29.6. The monoisotopic (exact) mass is 497 g/mol. The van der Waals surface area contributed by atoms with E-state index in [1.165, 1.54) is 12.1 Å². The molecule has 0 aliphatic heterocycles. The van der Waals surface area contributed by atoms with E-state index in [0.29, 0.717) is 22.3 Å². The van der Waals surface area contributed by atoms with E-state index in [2.05, 4.69) is 70.4 Å². The average Bonchev–Trinajstić information content (AvgIpc) is 3.45. The molecule has 0 spiro atoms. The molecule has 2 aromatic heterocycles. The van der Waals surface area contributed by atoms with Gasteiger partial charge in [0.25, 0.3) is 0 Å². The molecule has 39 heavy (non-hydrogen) atoms. The third-order valence-electron chi connectivity index (χ3n) is 6.84. The van der Waals surface area contributed by atoms with E-state index in [1.54, 1.807) is 0 Å². The first-order valence-corrected chi connectivity index (χ1v) is 12.3. The Balaban J connectivity index is 1.35. The summed E-state index contributed by atoms with van der Waals surface area (Å²) in [6.45, 7) is 0. The summed E-state index contributed by atoms with van der Waals surface area (Å²) in [6, 6.07) is 37.8. The number of benzene rings is 4. The van der Waals surface area contributed by atoms with Crippen LogP contribution in [0.2, 0.25) is 0 Å². The Labute approximate surface area is 225 Å². The molecule has 0 saturated carbocycles. The highest BCUT2D eigenvalue weighted by Crippen LogP contribution is 2.34. The van der Waals surface area contributed by atoms with Crippen LogP contribution in [-0.4, -0.2) is 9.55 Å². The Morgan fingerprint density at radius 3 is 1.77 bits per heavy atom. The number of nitrogens with zero attached hydrogens (tertiary/aromatic N) is 5. The zero-order chi connectivity index (χ0) is 26.8. The van der Waals surface area contributed by atoms with Crippen molar-refractivity contribution < 1.29 is 0 Å². The number of rotatable bonds is 4. The van der Waals surface area contributed by atoms with Crippen LogP contribution >= 0.6 is 0 Å². The molecule has 5 heteroatoms. The Kier molecular flexibility index (Phi) is 5.91. The molecule has 0 unspecified atom stereocenters. The lowest BCUT2D eigenvalue weighted by molar-refractivity contribution is 1.13. The van der Waals surface area contributed by atoms with Gasteiger partial charge in [0.1, 0.15) is 0 Å². The third kappa shape index (κ3) is 4.19. The van der Waals surface area contributed by atoms with Crippen molar-refractivity contribution in [3.05, 3.63) is 132 Å². The summed E-state index contributed by atoms with van der Waals surface area (Å²) in [5.74, 6) is 0. The van der Waals surface area contributed by atoms with Crippen molar-refractivity contribution in [3.8, 4) is 57.3 Å². The minimum Gasteiger partial charge on any atom is -0.316 e. The van der Waals surface area contributed by atoms with E-state index in [1.807, 2.05) is 60.9 Å². The fraction of sp³-hybridized carbons (Fsp3) is 0. The van der Waals surface area contributed by atoms with Crippen molar-refractivity contribution in [1.82, 2.24) is 9.55 Å². The van der Waals surface area contributed by atoms with E-state index in [9.17, 15) is 15.8 Å². The van der Waals surface area contributed by atoms with Crippen LogP contribution in [-0.2, 0) is 0 Å². The molecular weight excluding hydrogens is 478 g/mol. The van der Waals surface area contributed by atoms with Gasteiger partial charge < -0.3 is 4.57 Å². The van der Waals surface area contributed by atoms with E-state index < -0.39 is 0 Å². The molecule has 0 atom stereocenters. The van der Waals surface area contributed by atoms with Crippen molar-refractivity contribution in [2.75, 3.05) is 0 Å². The van der Waals surface area contributed by atoms with Crippen molar-refractivity contribution in [1.29, 1.82) is 15.8 Å². The van der Waals surface area contributed by atoms with Crippen LogP contribution in [0.25, 0.3) is 50.0 Å². The van der Waals surface area contributed by atoms with Crippen molar-refractivity contribution in [3.63, 3.8) is 0 Å². The molecule has 0 fully saturated rings. The lowest BCUT2D eigenvalue weighted by atomic mass is 9.92. The first-order chi connectivity index (χ1) is 19.2. The van der Waals surface area contributed by atoms with Gasteiger partial charge in [0.15, 0.2) is 0 Å². The summed E-state index contributed by atoms with van der Waals surface area (Å²) < 4.78 is 2.19. The smallest absolute Gasteiger partial charge is 0.0999 e. The maximum atomic E-state index is 9.63. The molecule has 6 aromatic rings. The molecule has 180 valence electrons. The maximum Gasteiger partial charge on any atom is 0.0999 e. The van der Waals surface area contributed by atoms with Gasteiger partial charge in [-0.2, -0.15) is 15.8 Å². The zero-order valence-electron chi connectivity index (χ0n) is 20.7. The number of aromatic nitrogens is 2. The van der Waals surface area contributed by atoms with E-state index in [0.717, 1.165) is 44.4 Å². The van der Waals surface area contributed by atoms with Crippen LogP contribution in [0.1, 0.15) is 16.7 Å². The molecular formula is C34H19N5. The quantitative estimate of drug-likeness (QED) is 0.250. The molecule has 0 amide bonds. The maximum absolute atomic E-state index is 9.63. The molecule has 4 aromatic carbocycles. The van der Waals surface area contributed by atoms with Crippen molar-refractivity contribution in [2.45, 2.75) is 0 Å². The summed E-state index contributed by atoms with van der Waals surface area (Å²) in [6.07, 6.45) is 5.87. The Hall–Kier alpha value is -5.96. The van der Waals surface area contributed by atoms with Gasteiger partial charge in [-0.3, -0.25) is 4.98 Å². The highest BCUT2D eigenvalue weighted by Gasteiger charge is 2.14. The van der Waals surface area contributed by atoms with Crippen LogP contribution in [0.5, 0.6) is 0 Å². The summed E-state index contributed by atoms with van der Waals surface area (Å²) in [7, 11) is 0. The van der Waals surface area contributed by atoms with Crippen molar-refractivity contribution >= 4 is 10.9 Å². The Bertz CT molecular complexity index is 1930. The Morgan fingerprint density at radius 1 is 0.590 bits per heavy atom. The second-order valence-corrected chi connectivity index (χ2v) is 9.08. The topological polar surface area (TPSA) is 89.2 Å².